The number of methoxy groups -OCH3 is 5. The van der Waals surface area contributed by atoms with Crippen LogP contribution in [0.1, 0.15) is 16.5 Å². The topological polar surface area (TPSA) is 66.5 Å². The van der Waals surface area contributed by atoms with Crippen LogP contribution in [-0.2, 0) is 4.79 Å². The molecule has 1 amide bonds. The van der Waals surface area contributed by atoms with Gasteiger partial charge in [0, 0.05) is 6.07 Å². The second-order valence-electron chi connectivity index (χ2n) is 7.56. The van der Waals surface area contributed by atoms with E-state index >= 15 is 0 Å². The van der Waals surface area contributed by atoms with Crippen LogP contribution >= 0.6 is 11.8 Å². The lowest BCUT2D eigenvalue weighted by Gasteiger charge is -2.26. The number of amides is 1. The zero-order chi connectivity index (χ0) is 24.9. The molecule has 3 aromatic rings. The van der Waals surface area contributed by atoms with E-state index in [1.165, 1.54) is 11.8 Å². The van der Waals surface area contributed by atoms with Crippen molar-refractivity contribution in [2.24, 2.45) is 0 Å². The normalized spacial score (nSPS) is 16.4. The third-order valence-electron chi connectivity index (χ3n) is 5.62. The van der Waals surface area contributed by atoms with Crippen molar-refractivity contribution in [1.82, 2.24) is 0 Å². The second kappa shape index (κ2) is 10.7. The molecule has 0 bridgehead atoms. The van der Waals surface area contributed by atoms with Crippen molar-refractivity contribution in [1.29, 1.82) is 0 Å². The molecule has 1 saturated heterocycles. The first-order valence-corrected chi connectivity index (χ1v) is 11.7. The summed E-state index contributed by atoms with van der Waals surface area (Å²) in [7, 11) is 7.86. The number of carbonyl (C=O) groups excluding carboxylic acids is 1. The summed E-state index contributed by atoms with van der Waals surface area (Å²) in [5.74, 6) is 2.52. The number of rotatable bonds is 8. The Morgan fingerprint density at radius 2 is 1.43 bits per heavy atom. The molecule has 182 valence electrons. The highest BCUT2D eigenvalue weighted by Gasteiger charge is 2.40. The lowest BCUT2D eigenvalue weighted by Crippen LogP contribution is -2.28. The van der Waals surface area contributed by atoms with Gasteiger partial charge >= 0.3 is 0 Å². The van der Waals surface area contributed by atoms with Crippen LogP contribution in [0.4, 0.5) is 5.69 Å². The summed E-state index contributed by atoms with van der Waals surface area (Å²) in [6, 6.07) is 18.9. The summed E-state index contributed by atoms with van der Waals surface area (Å²) in [5.41, 5.74) is 2.34. The van der Waals surface area contributed by atoms with Gasteiger partial charge in [-0.2, -0.15) is 0 Å². The molecule has 0 aliphatic carbocycles. The molecule has 0 radical (unpaired) electrons. The number of thioether (sulfide) groups is 1. The highest BCUT2D eigenvalue weighted by molar-refractivity contribution is 8.05. The van der Waals surface area contributed by atoms with Crippen molar-refractivity contribution in [2.45, 2.75) is 5.37 Å². The summed E-state index contributed by atoms with van der Waals surface area (Å²) in [6.45, 7) is 0. The Balaban J connectivity index is 1.90. The highest BCUT2D eigenvalue weighted by atomic mass is 32.2. The fourth-order valence-electron chi connectivity index (χ4n) is 3.93. The van der Waals surface area contributed by atoms with Crippen LogP contribution in [0, 0.1) is 0 Å². The third-order valence-corrected chi connectivity index (χ3v) is 6.87. The van der Waals surface area contributed by atoms with Gasteiger partial charge in [-0.05, 0) is 41.5 Å². The summed E-state index contributed by atoms with van der Waals surface area (Å²) >= 11 is 1.44. The number of ether oxygens (including phenoxy) is 5. The van der Waals surface area contributed by atoms with Crippen molar-refractivity contribution in [3.8, 4) is 28.7 Å². The molecule has 1 heterocycles. The molecular formula is C27H27NO6S. The summed E-state index contributed by atoms with van der Waals surface area (Å²) in [6.07, 6.45) is 1.89. The second-order valence-corrected chi connectivity index (χ2v) is 8.68. The van der Waals surface area contributed by atoms with Gasteiger partial charge in [0.1, 0.15) is 16.9 Å². The van der Waals surface area contributed by atoms with Crippen molar-refractivity contribution in [2.75, 3.05) is 40.4 Å². The first kappa shape index (κ1) is 24.3. The number of nitrogens with zero attached hydrogens (tertiary/aromatic N) is 1. The molecule has 1 aliphatic rings. The van der Waals surface area contributed by atoms with E-state index in [0.29, 0.717) is 39.3 Å². The summed E-state index contributed by atoms with van der Waals surface area (Å²) in [4.78, 5) is 16.2. The van der Waals surface area contributed by atoms with Crippen molar-refractivity contribution >= 4 is 29.4 Å². The molecule has 1 atom stereocenters. The maximum Gasteiger partial charge on any atom is 0.266 e. The molecular weight excluding hydrogens is 466 g/mol. The monoisotopic (exact) mass is 493 g/mol. The predicted octanol–water partition coefficient (Wildman–Crippen LogP) is 5.55. The molecule has 7 nitrogen and oxygen atoms in total. The zero-order valence-electron chi connectivity index (χ0n) is 20.2. The maximum absolute atomic E-state index is 13.8. The lowest BCUT2D eigenvalue weighted by atomic mass is 10.1. The van der Waals surface area contributed by atoms with Crippen molar-refractivity contribution in [3.05, 3.63) is 76.7 Å². The van der Waals surface area contributed by atoms with E-state index in [0.717, 1.165) is 11.1 Å². The molecule has 0 N–H and O–H groups in total. The SMILES string of the molecule is COc1ccc(OC)c(N2C(=O)/C(=C\c3ccccc3)SC2c2cc(OC)c(OC)c(OC)c2)c1. The summed E-state index contributed by atoms with van der Waals surface area (Å²) in [5, 5.41) is -0.424. The highest BCUT2D eigenvalue weighted by Crippen LogP contribution is 2.53. The minimum absolute atomic E-state index is 0.149. The van der Waals surface area contributed by atoms with Crippen LogP contribution in [0.15, 0.2) is 65.6 Å². The average Bonchev–Trinajstić information content (AvgIpc) is 3.23. The first-order chi connectivity index (χ1) is 17.0. The van der Waals surface area contributed by atoms with Crippen LogP contribution in [0.25, 0.3) is 6.08 Å². The number of hydrogen-bond donors (Lipinski definition) is 0. The fourth-order valence-corrected chi connectivity index (χ4v) is 5.16. The van der Waals surface area contributed by atoms with E-state index in [2.05, 4.69) is 0 Å². The van der Waals surface area contributed by atoms with E-state index in [-0.39, 0.29) is 5.91 Å². The van der Waals surface area contributed by atoms with Gasteiger partial charge < -0.3 is 23.7 Å². The molecule has 8 heteroatoms. The molecule has 0 saturated carbocycles. The number of carbonyl (C=O) groups is 1. The molecule has 4 rings (SSSR count). The lowest BCUT2D eigenvalue weighted by molar-refractivity contribution is -0.114. The molecule has 35 heavy (non-hydrogen) atoms. The summed E-state index contributed by atoms with van der Waals surface area (Å²) < 4.78 is 27.7. The van der Waals surface area contributed by atoms with Gasteiger partial charge in [-0.15, -0.1) is 0 Å². The Labute approximate surface area is 209 Å². The molecule has 0 spiro atoms. The predicted molar refractivity (Wildman–Crippen MR) is 138 cm³/mol. The quantitative estimate of drug-likeness (QED) is 0.381. The fraction of sp³-hybridized carbons (Fsp3) is 0.222. The van der Waals surface area contributed by atoms with Crippen LogP contribution < -0.4 is 28.6 Å². The maximum atomic E-state index is 13.8. The van der Waals surface area contributed by atoms with E-state index in [1.54, 1.807) is 58.6 Å². The Bertz CT molecular complexity index is 1220. The van der Waals surface area contributed by atoms with Gasteiger partial charge in [-0.1, -0.05) is 42.1 Å². The zero-order valence-corrected chi connectivity index (χ0v) is 21.0. The van der Waals surface area contributed by atoms with E-state index in [4.69, 9.17) is 23.7 Å². The van der Waals surface area contributed by atoms with Crippen LogP contribution in [-0.4, -0.2) is 41.5 Å². The third kappa shape index (κ3) is 4.74. The van der Waals surface area contributed by atoms with Crippen LogP contribution in [0.5, 0.6) is 28.7 Å². The van der Waals surface area contributed by atoms with Gasteiger partial charge in [-0.25, -0.2) is 0 Å². The van der Waals surface area contributed by atoms with Crippen LogP contribution in [0.3, 0.4) is 0 Å². The minimum atomic E-state index is -0.424. The van der Waals surface area contributed by atoms with Gasteiger partial charge in [0.2, 0.25) is 5.75 Å². The first-order valence-electron chi connectivity index (χ1n) is 10.8. The molecule has 1 unspecified atom stereocenters. The van der Waals surface area contributed by atoms with E-state index < -0.39 is 5.37 Å². The molecule has 0 aromatic heterocycles. The number of benzene rings is 3. The van der Waals surface area contributed by atoms with E-state index in [1.807, 2.05) is 48.5 Å². The number of hydrogen-bond acceptors (Lipinski definition) is 7. The van der Waals surface area contributed by atoms with Crippen molar-refractivity contribution in [3.63, 3.8) is 0 Å². The van der Waals surface area contributed by atoms with Gasteiger partial charge in [0.25, 0.3) is 5.91 Å². The van der Waals surface area contributed by atoms with E-state index in [9.17, 15) is 4.79 Å². The Hall–Kier alpha value is -3.78. The average molecular weight is 494 g/mol. The van der Waals surface area contributed by atoms with Crippen molar-refractivity contribution < 1.29 is 28.5 Å². The Morgan fingerprint density at radius 1 is 0.771 bits per heavy atom. The van der Waals surface area contributed by atoms with Crippen LogP contribution in [0.2, 0.25) is 0 Å². The minimum Gasteiger partial charge on any atom is -0.497 e. The molecule has 3 aromatic carbocycles. The largest absolute Gasteiger partial charge is 0.497 e. The van der Waals surface area contributed by atoms with Gasteiger partial charge in [0.05, 0.1) is 46.1 Å². The Kier molecular flexibility index (Phi) is 7.41. The standard InChI is InChI=1S/C27H27NO6S/c1-30-19-11-12-21(31-2)20(16-19)28-26(29)24(13-17-9-7-6-8-10-17)35-27(28)18-14-22(32-3)25(34-5)23(15-18)33-4/h6-16,27H,1-5H3/b24-13+. The van der Waals surface area contributed by atoms with Gasteiger partial charge in [0.15, 0.2) is 11.5 Å². The molecule has 1 fully saturated rings. The van der Waals surface area contributed by atoms with Gasteiger partial charge in [-0.3, -0.25) is 9.69 Å². The smallest absolute Gasteiger partial charge is 0.266 e. The number of anilines is 1. The Morgan fingerprint density at radius 3 is 2.00 bits per heavy atom. The molecule has 1 aliphatic heterocycles.